The molecule has 0 unspecified atom stereocenters. The zero-order chi connectivity index (χ0) is 13.7. The Morgan fingerprint density at radius 2 is 1.95 bits per heavy atom. The minimum Gasteiger partial charge on any atom is -0.456 e. The van der Waals surface area contributed by atoms with Gasteiger partial charge in [0.2, 0.25) is 0 Å². The first kappa shape index (κ1) is 13.5. The van der Waals surface area contributed by atoms with Gasteiger partial charge < -0.3 is 9.84 Å². The minimum absolute atomic E-state index is 0.00564. The summed E-state index contributed by atoms with van der Waals surface area (Å²) in [6.07, 6.45) is 1.93. The van der Waals surface area contributed by atoms with Gasteiger partial charge in [-0.2, -0.15) is 5.26 Å². The number of aliphatic hydroxyl groups is 1. The van der Waals surface area contributed by atoms with Gasteiger partial charge in [0.25, 0.3) is 0 Å². The fourth-order valence-corrected chi connectivity index (χ4v) is 2.23. The van der Waals surface area contributed by atoms with Gasteiger partial charge in [0.05, 0.1) is 6.61 Å². The summed E-state index contributed by atoms with van der Waals surface area (Å²) in [5, 5.41) is 18.2. The van der Waals surface area contributed by atoms with Gasteiger partial charge in [0, 0.05) is 4.90 Å². The molecule has 0 aliphatic carbocycles. The molecule has 3 nitrogen and oxygen atoms in total. The Bertz CT molecular complexity index is 603. The molecule has 0 heterocycles. The van der Waals surface area contributed by atoms with Crippen molar-refractivity contribution >= 4 is 11.8 Å². The topological polar surface area (TPSA) is 53.2 Å². The smallest absolute Gasteiger partial charge is 0.146 e. The SMILES string of the molecule is CSc1cccc(Oc2ccc(CO)cc2)c1C#N. The first-order valence-corrected chi connectivity index (χ1v) is 6.95. The highest BCUT2D eigenvalue weighted by Gasteiger charge is 2.09. The molecule has 0 aromatic heterocycles. The van der Waals surface area contributed by atoms with Crippen molar-refractivity contribution < 1.29 is 9.84 Å². The van der Waals surface area contributed by atoms with E-state index in [1.54, 1.807) is 30.3 Å². The van der Waals surface area contributed by atoms with Gasteiger partial charge in [-0.3, -0.25) is 0 Å². The third-order valence-electron chi connectivity index (χ3n) is 2.65. The number of benzene rings is 2. The van der Waals surface area contributed by atoms with Crippen molar-refractivity contribution in [1.82, 2.24) is 0 Å². The van der Waals surface area contributed by atoms with Crippen LogP contribution in [0.4, 0.5) is 0 Å². The molecule has 1 N–H and O–H groups in total. The summed E-state index contributed by atoms with van der Waals surface area (Å²) in [4.78, 5) is 0.895. The lowest BCUT2D eigenvalue weighted by atomic mass is 10.2. The van der Waals surface area contributed by atoms with Crippen molar-refractivity contribution in [3.05, 3.63) is 53.6 Å². The lowest BCUT2D eigenvalue weighted by molar-refractivity contribution is 0.281. The van der Waals surface area contributed by atoms with E-state index >= 15 is 0 Å². The maximum atomic E-state index is 9.21. The second-order valence-electron chi connectivity index (χ2n) is 3.85. The Hall–Kier alpha value is -1.96. The highest BCUT2D eigenvalue weighted by Crippen LogP contribution is 2.31. The van der Waals surface area contributed by atoms with Gasteiger partial charge in [-0.15, -0.1) is 11.8 Å². The molecule has 2 aromatic carbocycles. The van der Waals surface area contributed by atoms with Crippen LogP contribution in [0.3, 0.4) is 0 Å². The summed E-state index contributed by atoms with van der Waals surface area (Å²) in [6.45, 7) is 0.00564. The van der Waals surface area contributed by atoms with E-state index in [0.717, 1.165) is 10.5 Å². The molecule has 96 valence electrons. The first-order valence-electron chi connectivity index (χ1n) is 5.73. The van der Waals surface area contributed by atoms with E-state index in [4.69, 9.17) is 9.84 Å². The Morgan fingerprint density at radius 3 is 2.53 bits per heavy atom. The summed E-state index contributed by atoms with van der Waals surface area (Å²) in [7, 11) is 0. The molecule has 19 heavy (non-hydrogen) atoms. The molecule has 2 aromatic rings. The van der Waals surface area contributed by atoms with Gasteiger partial charge in [-0.1, -0.05) is 18.2 Å². The molecule has 0 spiro atoms. The van der Waals surface area contributed by atoms with Gasteiger partial charge in [0.15, 0.2) is 0 Å². The van der Waals surface area contributed by atoms with Crippen LogP contribution in [0.15, 0.2) is 47.4 Å². The van der Waals surface area contributed by atoms with Crippen LogP contribution in [0, 0.1) is 11.3 Å². The molecule has 2 rings (SSSR count). The number of thioether (sulfide) groups is 1. The Balaban J connectivity index is 2.30. The number of nitriles is 1. The van der Waals surface area contributed by atoms with E-state index in [-0.39, 0.29) is 6.61 Å². The van der Waals surface area contributed by atoms with E-state index in [1.807, 2.05) is 18.4 Å². The predicted octanol–water partition coefficient (Wildman–Crippen LogP) is 3.56. The van der Waals surface area contributed by atoms with Crippen LogP contribution < -0.4 is 4.74 Å². The predicted molar refractivity (Wildman–Crippen MR) is 75.4 cm³/mol. The van der Waals surface area contributed by atoms with Crippen LogP contribution in [0.2, 0.25) is 0 Å². The minimum atomic E-state index is 0.00564. The van der Waals surface area contributed by atoms with Gasteiger partial charge in [-0.25, -0.2) is 0 Å². The second-order valence-corrected chi connectivity index (χ2v) is 4.70. The monoisotopic (exact) mass is 271 g/mol. The highest BCUT2D eigenvalue weighted by atomic mass is 32.2. The fraction of sp³-hybridized carbons (Fsp3) is 0.133. The molecular weight excluding hydrogens is 258 g/mol. The summed E-state index contributed by atoms with van der Waals surface area (Å²) >= 11 is 1.52. The standard InChI is InChI=1S/C15H13NO2S/c1-19-15-4-2-3-14(13(15)9-16)18-12-7-5-11(10-17)6-8-12/h2-8,17H,10H2,1H3. The van der Waals surface area contributed by atoms with E-state index in [0.29, 0.717) is 17.1 Å². The lowest BCUT2D eigenvalue weighted by Gasteiger charge is -2.09. The second kappa shape index (κ2) is 6.28. The molecule has 0 saturated heterocycles. The molecule has 0 saturated carbocycles. The fourth-order valence-electron chi connectivity index (χ4n) is 1.67. The van der Waals surface area contributed by atoms with Gasteiger partial charge >= 0.3 is 0 Å². The van der Waals surface area contributed by atoms with Crippen LogP contribution in [0.5, 0.6) is 11.5 Å². The number of aliphatic hydroxyl groups excluding tert-OH is 1. The van der Waals surface area contributed by atoms with E-state index in [9.17, 15) is 5.26 Å². The van der Waals surface area contributed by atoms with Gasteiger partial charge in [-0.05, 0) is 36.1 Å². The number of hydrogen-bond donors (Lipinski definition) is 1. The Morgan fingerprint density at radius 1 is 1.21 bits per heavy atom. The third-order valence-corrected chi connectivity index (χ3v) is 3.43. The summed E-state index contributed by atoms with van der Waals surface area (Å²) in [5.41, 5.74) is 1.37. The van der Waals surface area contributed by atoms with Crippen molar-refractivity contribution in [2.75, 3.05) is 6.26 Å². The number of nitrogens with zero attached hydrogens (tertiary/aromatic N) is 1. The quantitative estimate of drug-likeness (QED) is 0.864. The molecule has 0 fully saturated rings. The van der Waals surface area contributed by atoms with E-state index in [1.165, 1.54) is 11.8 Å². The largest absolute Gasteiger partial charge is 0.456 e. The zero-order valence-electron chi connectivity index (χ0n) is 10.5. The van der Waals surface area contributed by atoms with Crippen LogP contribution in [0.25, 0.3) is 0 Å². The maximum absolute atomic E-state index is 9.21. The van der Waals surface area contributed by atoms with E-state index < -0.39 is 0 Å². The summed E-state index contributed by atoms with van der Waals surface area (Å²) < 4.78 is 5.72. The van der Waals surface area contributed by atoms with Crippen molar-refractivity contribution in [3.63, 3.8) is 0 Å². The third kappa shape index (κ3) is 3.08. The Kier molecular flexibility index (Phi) is 4.45. The average molecular weight is 271 g/mol. The molecule has 0 amide bonds. The number of ether oxygens (including phenoxy) is 1. The molecule has 0 aliphatic rings. The lowest BCUT2D eigenvalue weighted by Crippen LogP contribution is -1.91. The van der Waals surface area contributed by atoms with Crippen molar-refractivity contribution in [2.45, 2.75) is 11.5 Å². The Labute approximate surface area is 116 Å². The molecular formula is C15H13NO2S. The number of rotatable bonds is 4. The van der Waals surface area contributed by atoms with E-state index in [2.05, 4.69) is 6.07 Å². The average Bonchev–Trinajstić information content (AvgIpc) is 2.47. The van der Waals surface area contributed by atoms with Crippen LogP contribution in [0.1, 0.15) is 11.1 Å². The molecule has 4 heteroatoms. The maximum Gasteiger partial charge on any atom is 0.146 e. The highest BCUT2D eigenvalue weighted by molar-refractivity contribution is 7.98. The normalized spacial score (nSPS) is 9.95. The molecule has 0 aliphatic heterocycles. The summed E-state index contributed by atoms with van der Waals surface area (Å²) in [5.74, 6) is 1.19. The molecule has 0 atom stereocenters. The molecule has 0 radical (unpaired) electrons. The van der Waals surface area contributed by atoms with Crippen LogP contribution in [-0.4, -0.2) is 11.4 Å². The summed E-state index contributed by atoms with van der Waals surface area (Å²) in [6, 6.07) is 14.8. The molecule has 0 bridgehead atoms. The van der Waals surface area contributed by atoms with Gasteiger partial charge in [0.1, 0.15) is 23.1 Å². The van der Waals surface area contributed by atoms with Crippen molar-refractivity contribution in [3.8, 4) is 17.6 Å². The van der Waals surface area contributed by atoms with Crippen molar-refractivity contribution in [1.29, 1.82) is 5.26 Å². The van der Waals surface area contributed by atoms with Crippen LogP contribution >= 0.6 is 11.8 Å². The number of hydrogen-bond acceptors (Lipinski definition) is 4. The van der Waals surface area contributed by atoms with Crippen LogP contribution in [-0.2, 0) is 6.61 Å². The zero-order valence-corrected chi connectivity index (χ0v) is 11.3. The first-order chi connectivity index (χ1) is 9.28. The van der Waals surface area contributed by atoms with Crippen molar-refractivity contribution in [2.24, 2.45) is 0 Å².